The van der Waals surface area contributed by atoms with Crippen LogP contribution in [0.3, 0.4) is 0 Å². The Hall–Kier alpha value is -1.79. The Balaban J connectivity index is 1.78. The van der Waals surface area contributed by atoms with Crippen LogP contribution in [0.2, 0.25) is 0 Å². The summed E-state index contributed by atoms with van der Waals surface area (Å²) < 4.78 is 1.79. The second kappa shape index (κ2) is 7.66. The molecule has 0 radical (unpaired) electrons. The molecule has 1 heterocycles. The van der Waals surface area contributed by atoms with Crippen molar-refractivity contribution in [3.05, 3.63) is 36.2 Å². The van der Waals surface area contributed by atoms with Gasteiger partial charge < -0.3 is 5.11 Å². The first-order chi connectivity index (χ1) is 11.2. The summed E-state index contributed by atoms with van der Waals surface area (Å²) in [4.78, 5) is 2.34. The van der Waals surface area contributed by atoms with Gasteiger partial charge in [0.05, 0.1) is 18.3 Å². The standard InChI is InChI=1S/C17H25N5O/c1-14(23)12-21(15-8-4-2-5-9-15)13-17-18-19-20-22(17)16-10-6-3-7-11-16/h3,6-7,10-11,14-15,23H,2,4-5,8-9,12-13H2,1H3. The van der Waals surface area contributed by atoms with Crippen LogP contribution < -0.4 is 0 Å². The molecule has 2 aromatic rings. The van der Waals surface area contributed by atoms with Gasteiger partial charge in [-0.2, -0.15) is 4.68 Å². The average molecular weight is 315 g/mol. The van der Waals surface area contributed by atoms with Gasteiger partial charge in [-0.3, -0.25) is 4.90 Å². The zero-order valence-corrected chi connectivity index (χ0v) is 13.7. The molecule has 6 nitrogen and oxygen atoms in total. The fourth-order valence-electron chi connectivity index (χ4n) is 3.38. The molecular weight excluding hydrogens is 290 g/mol. The lowest BCUT2D eigenvalue weighted by molar-refractivity contribution is 0.0744. The molecule has 1 atom stereocenters. The maximum absolute atomic E-state index is 9.87. The molecule has 1 aromatic heterocycles. The number of nitrogens with zero attached hydrogens (tertiary/aromatic N) is 5. The number of benzene rings is 1. The lowest BCUT2D eigenvalue weighted by Gasteiger charge is -2.34. The first-order valence-corrected chi connectivity index (χ1v) is 8.49. The monoisotopic (exact) mass is 315 g/mol. The molecule has 124 valence electrons. The Morgan fingerprint density at radius 1 is 1.22 bits per heavy atom. The van der Waals surface area contributed by atoms with Crippen molar-refractivity contribution in [3.8, 4) is 5.69 Å². The molecule has 0 bridgehead atoms. The molecule has 0 aliphatic heterocycles. The van der Waals surface area contributed by atoms with Crippen molar-refractivity contribution < 1.29 is 5.11 Å². The van der Waals surface area contributed by atoms with Gasteiger partial charge in [0.2, 0.25) is 0 Å². The SMILES string of the molecule is CC(O)CN(Cc1nnnn1-c1ccccc1)C1CCCCC1. The Labute approximate surface area is 137 Å². The second-order valence-electron chi connectivity index (χ2n) is 6.41. The van der Waals surface area contributed by atoms with Crippen LogP contribution in [-0.2, 0) is 6.54 Å². The molecule has 1 N–H and O–H groups in total. The Kier molecular flexibility index (Phi) is 5.35. The van der Waals surface area contributed by atoms with Crippen molar-refractivity contribution in [3.63, 3.8) is 0 Å². The molecule has 0 spiro atoms. The molecule has 1 aromatic carbocycles. The minimum atomic E-state index is -0.349. The van der Waals surface area contributed by atoms with E-state index < -0.39 is 0 Å². The minimum Gasteiger partial charge on any atom is -0.392 e. The summed E-state index contributed by atoms with van der Waals surface area (Å²) in [6, 6.07) is 10.5. The van der Waals surface area contributed by atoms with Crippen LogP contribution >= 0.6 is 0 Å². The smallest absolute Gasteiger partial charge is 0.170 e. The highest BCUT2D eigenvalue weighted by Crippen LogP contribution is 2.24. The van der Waals surface area contributed by atoms with Crippen molar-refractivity contribution in [1.82, 2.24) is 25.1 Å². The van der Waals surface area contributed by atoms with E-state index in [1.165, 1.54) is 32.1 Å². The van der Waals surface area contributed by atoms with Crippen LogP contribution in [0.15, 0.2) is 30.3 Å². The van der Waals surface area contributed by atoms with Crippen LogP contribution in [-0.4, -0.2) is 48.9 Å². The first-order valence-electron chi connectivity index (χ1n) is 8.49. The molecule has 1 aliphatic carbocycles. The van der Waals surface area contributed by atoms with Gasteiger partial charge in [-0.15, -0.1) is 5.10 Å². The van der Waals surface area contributed by atoms with E-state index in [2.05, 4.69) is 20.4 Å². The first kappa shape index (κ1) is 16.1. The van der Waals surface area contributed by atoms with E-state index in [0.717, 1.165) is 11.5 Å². The van der Waals surface area contributed by atoms with E-state index in [1.807, 2.05) is 37.3 Å². The number of aliphatic hydroxyl groups is 1. The van der Waals surface area contributed by atoms with E-state index in [4.69, 9.17) is 0 Å². The molecule has 1 saturated carbocycles. The van der Waals surface area contributed by atoms with Crippen molar-refractivity contribution in [2.75, 3.05) is 6.54 Å². The molecule has 1 aliphatic rings. The summed E-state index contributed by atoms with van der Waals surface area (Å²) in [5, 5.41) is 22.1. The Morgan fingerprint density at radius 2 is 1.96 bits per heavy atom. The van der Waals surface area contributed by atoms with E-state index in [9.17, 15) is 5.11 Å². The molecule has 0 amide bonds. The zero-order valence-electron chi connectivity index (χ0n) is 13.7. The number of aromatic nitrogens is 4. The normalized spacial score (nSPS) is 17.5. The van der Waals surface area contributed by atoms with Crippen LogP contribution in [0.5, 0.6) is 0 Å². The Morgan fingerprint density at radius 3 is 2.65 bits per heavy atom. The predicted molar refractivity (Wildman–Crippen MR) is 88.1 cm³/mol. The lowest BCUT2D eigenvalue weighted by atomic mass is 9.94. The molecular formula is C17H25N5O. The van der Waals surface area contributed by atoms with Gasteiger partial charge in [-0.1, -0.05) is 37.5 Å². The van der Waals surface area contributed by atoms with Gasteiger partial charge in [-0.05, 0) is 42.3 Å². The van der Waals surface area contributed by atoms with Crippen LogP contribution in [0.1, 0.15) is 44.9 Å². The van der Waals surface area contributed by atoms with Gasteiger partial charge in [0.15, 0.2) is 5.82 Å². The van der Waals surface area contributed by atoms with Crippen LogP contribution in [0, 0.1) is 0 Å². The van der Waals surface area contributed by atoms with E-state index >= 15 is 0 Å². The lowest BCUT2D eigenvalue weighted by Crippen LogP contribution is -2.41. The second-order valence-corrected chi connectivity index (χ2v) is 6.41. The predicted octanol–water partition coefficient (Wildman–Crippen LogP) is 2.18. The summed E-state index contributed by atoms with van der Waals surface area (Å²) in [5.74, 6) is 0.822. The van der Waals surface area contributed by atoms with Crippen molar-refractivity contribution in [1.29, 1.82) is 0 Å². The highest BCUT2D eigenvalue weighted by Gasteiger charge is 2.24. The van der Waals surface area contributed by atoms with Gasteiger partial charge >= 0.3 is 0 Å². The third kappa shape index (κ3) is 4.14. The molecule has 0 saturated heterocycles. The topological polar surface area (TPSA) is 67.1 Å². The van der Waals surface area contributed by atoms with Gasteiger partial charge in [-0.25, -0.2) is 0 Å². The van der Waals surface area contributed by atoms with Crippen molar-refractivity contribution in [2.24, 2.45) is 0 Å². The number of hydrogen-bond donors (Lipinski definition) is 1. The maximum atomic E-state index is 9.87. The van der Waals surface area contributed by atoms with E-state index in [-0.39, 0.29) is 6.10 Å². The summed E-state index contributed by atoms with van der Waals surface area (Å²) in [6.07, 6.45) is 5.90. The average Bonchev–Trinajstić information content (AvgIpc) is 3.04. The molecule has 1 fully saturated rings. The number of rotatable bonds is 6. The fourth-order valence-corrected chi connectivity index (χ4v) is 3.38. The quantitative estimate of drug-likeness (QED) is 0.885. The summed E-state index contributed by atoms with van der Waals surface area (Å²) in [7, 11) is 0. The summed E-state index contributed by atoms with van der Waals surface area (Å²) in [5.41, 5.74) is 0.966. The van der Waals surface area contributed by atoms with E-state index in [0.29, 0.717) is 19.1 Å². The summed E-state index contributed by atoms with van der Waals surface area (Å²) in [6.45, 7) is 3.17. The van der Waals surface area contributed by atoms with Crippen molar-refractivity contribution >= 4 is 0 Å². The number of aliphatic hydroxyl groups excluding tert-OH is 1. The molecule has 3 rings (SSSR count). The molecule has 23 heavy (non-hydrogen) atoms. The fraction of sp³-hybridized carbons (Fsp3) is 0.588. The highest BCUT2D eigenvalue weighted by molar-refractivity contribution is 5.30. The van der Waals surface area contributed by atoms with Crippen molar-refractivity contribution in [2.45, 2.75) is 57.7 Å². The highest BCUT2D eigenvalue weighted by atomic mass is 16.3. The third-order valence-electron chi connectivity index (χ3n) is 4.47. The number of tetrazole rings is 1. The zero-order chi connectivity index (χ0) is 16.1. The maximum Gasteiger partial charge on any atom is 0.170 e. The van der Waals surface area contributed by atoms with E-state index in [1.54, 1.807) is 4.68 Å². The molecule has 1 unspecified atom stereocenters. The molecule has 6 heteroatoms. The number of hydrogen-bond acceptors (Lipinski definition) is 5. The Bertz CT molecular complexity index is 592. The van der Waals surface area contributed by atoms with Crippen LogP contribution in [0.4, 0.5) is 0 Å². The van der Waals surface area contributed by atoms with Gasteiger partial charge in [0, 0.05) is 12.6 Å². The summed E-state index contributed by atoms with van der Waals surface area (Å²) >= 11 is 0. The third-order valence-corrected chi connectivity index (χ3v) is 4.47. The minimum absolute atomic E-state index is 0.349. The van der Waals surface area contributed by atoms with Crippen LogP contribution in [0.25, 0.3) is 5.69 Å². The largest absolute Gasteiger partial charge is 0.392 e. The van der Waals surface area contributed by atoms with Gasteiger partial charge in [0.1, 0.15) is 0 Å². The number of para-hydroxylation sites is 1. The van der Waals surface area contributed by atoms with Gasteiger partial charge in [0.25, 0.3) is 0 Å².